The van der Waals surface area contributed by atoms with Crippen molar-refractivity contribution < 1.29 is 4.79 Å². The van der Waals surface area contributed by atoms with Crippen LogP contribution in [0, 0.1) is 0 Å². The largest absolute Gasteiger partial charge is 0.338 e. The second-order valence-electron chi connectivity index (χ2n) is 6.46. The van der Waals surface area contributed by atoms with Crippen LogP contribution in [0.25, 0.3) is 0 Å². The third-order valence-corrected chi connectivity index (χ3v) is 5.13. The summed E-state index contributed by atoms with van der Waals surface area (Å²) < 4.78 is 0. The van der Waals surface area contributed by atoms with E-state index in [0.29, 0.717) is 24.8 Å². The van der Waals surface area contributed by atoms with Crippen LogP contribution in [0.1, 0.15) is 55.6 Å². The van der Waals surface area contributed by atoms with E-state index < -0.39 is 0 Å². The third-order valence-electron chi connectivity index (χ3n) is 5.13. The molecule has 0 aromatic heterocycles. The van der Waals surface area contributed by atoms with Crippen LogP contribution in [0.15, 0.2) is 24.3 Å². The second-order valence-corrected chi connectivity index (χ2v) is 6.46. The van der Waals surface area contributed by atoms with E-state index in [1.165, 1.54) is 24.0 Å². The van der Waals surface area contributed by atoms with Crippen molar-refractivity contribution in [3.63, 3.8) is 0 Å². The van der Waals surface area contributed by atoms with Crippen molar-refractivity contribution in [2.45, 2.75) is 56.9 Å². The number of hydrogen-bond acceptors (Lipinski definition) is 2. The monoisotopic (exact) mass is 322 g/mol. The molecule has 1 aliphatic heterocycles. The van der Waals surface area contributed by atoms with Gasteiger partial charge in [-0.1, -0.05) is 24.3 Å². The maximum Gasteiger partial charge on any atom is 0.223 e. The summed E-state index contributed by atoms with van der Waals surface area (Å²) in [5, 5.41) is 0. The number of piperidine rings is 1. The molecule has 2 unspecified atom stereocenters. The molecule has 0 saturated carbocycles. The Morgan fingerprint density at radius 2 is 2.00 bits per heavy atom. The Kier molecular flexibility index (Phi) is 6.27. The number of nitrogens with zero attached hydrogens (tertiary/aromatic N) is 1. The Bertz CT molecular complexity index is 506. The van der Waals surface area contributed by atoms with Crippen molar-refractivity contribution in [2.75, 3.05) is 13.1 Å². The highest BCUT2D eigenvalue weighted by atomic mass is 35.5. The average molecular weight is 323 g/mol. The zero-order valence-corrected chi connectivity index (χ0v) is 14.0. The predicted octanol–water partition coefficient (Wildman–Crippen LogP) is 3.26. The van der Waals surface area contributed by atoms with Crippen LogP contribution in [0.4, 0.5) is 0 Å². The first-order valence-corrected chi connectivity index (χ1v) is 8.37. The SMILES string of the molecule is Cl.NCC1CCCCN1C(=O)CC1CCCc2ccccc21. The van der Waals surface area contributed by atoms with E-state index in [-0.39, 0.29) is 18.4 Å². The van der Waals surface area contributed by atoms with Gasteiger partial charge in [0, 0.05) is 25.6 Å². The van der Waals surface area contributed by atoms with Crippen LogP contribution < -0.4 is 5.73 Å². The summed E-state index contributed by atoms with van der Waals surface area (Å²) in [7, 11) is 0. The fourth-order valence-corrected chi connectivity index (χ4v) is 3.97. The Hall–Kier alpha value is -1.06. The van der Waals surface area contributed by atoms with Gasteiger partial charge in [0.05, 0.1) is 0 Å². The molecule has 1 heterocycles. The quantitative estimate of drug-likeness (QED) is 0.928. The van der Waals surface area contributed by atoms with Crippen LogP contribution in [-0.2, 0) is 11.2 Å². The van der Waals surface area contributed by atoms with Gasteiger partial charge in [-0.3, -0.25) is 4.79 Å². The normalized spacial score (nSPS) is 24.3. The minimum absolute atomic E-state index is 0. The fraction of sp³-hybridized carbons (Fsp3) is 0.611. The minimum atomic E-state index is 0. The summed E-state index contributed by atoms with van der Waals surface area (Å²) in [5.74, 6) is 0.717. The van der Waals surface area contributed by atoms with E-state index in [1.807, 2.05) is 0 Å². The summed E-state index contributed by atoms with van der Waals surface area (Å²) in [5.41, 5.74) is 8.69. The summed E-state index contributed by atoms with van der Waals surface area (Å²) in [6.07, 6.45) is 7.58. The van der Waals surface area contributed by atoms with Crippen LogP contribution >= 0.6 is 12.4 Å². The standard InChI is InChI=1S/C18H26N2O.ClH/c19-13-16-9-3-4-11-20(16)18(21)12-15-8-5-7-14-6-1-2-10-17(14)15;/h1-2,6,10,15-16H,3-5,7-9,11-13,19H2;1H. The predicted molar refractivity (Wildman–Crippen MR) is 92.4 cm³/mol. The number of aryl methyl sites for hydroxylation is 1. The molecule has 1 aromatic rings. The number of nitrogens with two attached hydrogens (primary N) is 1. The first-order valence-electron chi connectivity index (χ1n) is 8.37. The van der Waals surface area contributed by atoms with Crippen molar-refractivity contribution >= 4 is 18.3 Å². The number of benzene rings is 1. The lowest BCUT2D eigenvalue weighted by Crippen LogP contribution is -2.47. The van der Waals surface area contributed by atoms with Gasteiger partial charge in [0.2, 0.25) is 5.91 Å². The number of amides is 1. The molecule has 2 aliphatic rings. The molecule has 0 radical (unpaired) electrons. The molecule has 0 spiro atoms. The highest BCUT2D eigenvalue weighted by Gasteiger charge is 2.29. The lowest BCUT2D eigenvalue weighted by atomic mass is 9.80. The molecule has 1 fully saturated rings. The van der Waals surface area contributed by atoms with Gasteiger partial charge in [0.25, 0.3) is 0 Å². The Morgan fingerprint density at radius 1 is 1.18 bits per heavy atom. The molecular formula is C18H27ClN2O. The lowest BCUT2D eigenvalue weighted by Gasteiger charge is -2.36. The van der Waals surface area contributed by atoms with E-state index in [0.717, 1.165) is 32.2 Å². The summed E-state index contributed by atoms with van der Waals surface area (Å²) in [6, 6.07) is 8.91. The lowest BCUT2D eigenvalue weighted by molar-refractivity contribution is -0.135. The number of carbonyl (C=O) groups excluding carboxylic acids is 1. The number of fused-ring (bicyclic) bond motifs is 1. The topological polar surface area (TPSA) is 46.3 Å². The third kappa shape index (κ3) is 3.64. The fourth-order valence-electron chi connectivity index (χ4n) is 3.97. The Labute approximate surface area is 139 Å². The summed E-state index contributed by atoms with van der Waals surface area (Å²) in [6.45, 7) is 1.50. The van der Waals surface area contributed by atoms with Crippen LogP contribution in [-0.4, -0.2) is 29.9 Å². The van der Waals surface area contributed by atoms with Crippen molar-refractivity contribution in [2.24, 2.45) is 5.73 Å². The van der Waals surface area contributed by atoms with Crippen molar-refractivity contribution in [3.05, 3.63) is 35.4 Å². The van der Waals surface area contributed by atoms with E-state index in [9.17, 15) is 4.79 Å². The second kappa shape index (κ2) is 7.98. The van der Waals surface area contributed by atoms with E-state index in [1.54, 1.807) is 0 Å². The number of likely N-dealkylation sites (tertiary alicyclic amines) is 1. The highest BCUT2D eigenvalue weighted by molar-refractivity contribution is 5.85. The molecule has 2 atom stereocenters. The van der Waals surface area contributed by atoms with E-state index in [4.69, 9.17) is 5.73 Å². The molecule has 1 aromatic carbocycles. The van der Waals surface area contributed by atoms with Gasteiger partial charge in [-0.05, 0) is 55.6 Å². The van der Waals surface area contributed by atoms with Crippen molar-refractivity contribution in [3.8, 4) is 0 Å². The van der Waals surface area contributed by atoms with Gasteiger partial charge in [-0.15, -0.1) is 12.4 Å². The zero-order valence-electron chi connectivity index (χ0n) is 13.2. The van der Waals surface area contributed by atoms with Crippen molar-refractivity contribution in [1.82, 2.24) is 4.90 Å². The van der Waals surface area contributed by atoms with Gasteiger partial charge in [-0.25, -0.2) is 0 Å². The Morgan fingerprint density at radius 3 is 2.82 bits per heavy atom. The van der Waals surface area contributed by atoms with E-state index >= 15 is 0 Å². The van der Waals surface area contributed by atoms with Gasteiger partial charge in [0.15, 0.2) is 0 Å². The minimum Gasteiger partial charge on any atom is -0.338 e. The number of halogens is 1. The first-order chi connectivity index (χ1) is 10.3. The van der Waals surface area contributed by atoms with Gasteiger partial charge < -0.3 is 10.6 Å². The van der Waals surface area contributed by atoms with Gasteiger partial charge in [0.1, 0.15) is 0 Å². The summed E-state index contributed by atoms with van der Waals surface area (Å²) >= 11 is 0. The molecule has 3 rings (SSSR count). The van der Waals surface area contributed by atoms with Gasteiger partial charge >= 0.3 is 0 Å². The number of hydrogen-bond donors (Lipinski definition) is 1. The maximum absolute atomic E-state index is 12.7. The smallest absolute Gasteiger partial charge is 0.223 e. The Balaban J connectivity index is 0.00000176. The number of rotatable bonds is 3. The zero-order chi connectivity index (χ0) is 14.7. The average Bonchev–Trinajstić information content (AvgIpc) is 2.55. The molecule has 1 amide bonds. The molecule has 22 heavy (non-hydrogen) atoms. The molecule has 4 heteroatoms. The molecule has 2 N–H and O–H groups in total. The molecule has 1 aliphatic carbocycles. The van der Waals surface area contributed by atoms with E-state index in [2.05, 4.69) is 29.2 Å². The molecule has 0 bridgehead atoms. The molecule has 1 saturated heterocycles. The number of carbonyl (C=O) groups is 1. The molecule has 122 valence electrons. The van der Waals surface area contributed by atoms with Gasteiger partial charge in [-0.2, -0.15) is 0 Å². The first kappa shape index (κ1) is 17.3. The van der Waals surface area contributed by atoms with Crippen LogP contribution in [0.3, 0.4) is 0 Å². The molecule has 3 nitrogen and oxygen atoms in total. The van der Waals surface area contributed by atoms with Crippen LogP contribution in [0.2, 0.25) is 0 Å². The molecular weight excluding hydrogens is 296 g/mol. The van der Waals surface area contributed by atoms with Crippen LogP contribution in [0.5, 0.6) is 0 Å². The summed E-state index contributed by atoms with van der Waals surface area (Å²) in [4.78, 5) is 14.8. The van der Waals surface area contributed by atoms with Crippen molar-refractivity contribution in [1.29, 1.82) is 0 Å². The highest BCUT2D eigenvalue weighted by Crippen LogP contribution is 2.34. The maximum atomic E-state index is 12.7.